The molecule has 1 saturated carbocycles. The normalized spacial score (nSPS) is 18.4. The van der Waals surface area contributed by atoms with Gasteiger partial charge in [-0.05, 0) is 98.3 Å². The zero-order valence-corrected chi connectivity index (χ0v) is 24.8. The number of carbonyl (C=O) groups is 2. The van der Waals surface area contributed by atoms with E-state index in [1.807, 2.05) is 13.8 Å². The number of ether oxygens (including phenoxy) is 1. The van der Waals surface area contributed by atoms with Gasteiger partial charge in [0.05, 0.1) is 10.1 Å². The maximum absolute atomic E-state index is 13.3. The number of nitrogens with one attached hydrogen (secondary N) is 1. The minimum atomic E-state index is -3.68. The summed E-state index contributed by atoms with van der Waals surface area (Å²) in [5.74, 6) is 0.249. The Labute approximate surface area is 229 Å². The molecule has 2 amide bonds. The van der Waals surface area contributed by atoms with Crippen LogP contribution in [0.4, 0.5) is 15.3 Å². The molecular weight excluding hydrogens is 526 g/mol. The zero-order valence-electron chi connectivity index (χ0n) is 23.1. The molecule has 0 saturated heterocycles. The van der Waals surface area contributed by atoms with E-state index in [0.717, 1.165) is 30.6 Å². The Hall–Kier alpha value is -2.66. The van der Waals surface area contributed by atoms with Crippen molar-refractivity contribution in [2.75, 3.05) is 5.32 Å². The number of nitrogens with zero attached hydrogens (tertiary/aromatic N) is 2. The highest BCUT2D eigenvalue weighted by molar-refractivity contribution is 7.92. The molecule has 0 spiro atoms. The summed E-state index contributed by atoms with van der Waals surface area (Å²) >= 11 is 1.47. The first-order chi connectivity index (χ1) is 17.6. The SMILES string of the molecule is CC(C)N(C(=O)O)C1CCC(c2cnc(-c3ccc(NC(=O)OC(C)(C)C)cc3S(=O)(=O)C(C)C)s2)CC1. The molecule has 0 aliphatic heterocycles. The van der Waals surface area contributed by atoms with Crippen LogP contribution in [0.2, 0.25) is 0 Å². The van der Waals surface area contributed by atoms with E-state index in [1.54, 1.807) is 57.8 Å². The van der Waals surface area contributed by atoms with E-state index in [1.165, 1.54) is 17.4 Å². The van der Waals surface area contributed by atoms with Crippen molar-refractivity contribution in [3.8, 4) is 10.6 Å². The summed E-state index contributed by atoms with van der Waals surface area (Å²) in [6.07, 6.45) is 3.51. The lowest BCUT2D eigenvalue weighted by molar-refractivity contribution is 0.0635. The molecule has 0 atom stereocenters. The maximum atomic E-state index is 13.3. The van der Waals surface area contributed by atoms with E-state index in [9.17, 15) is 23.1 Å². The predicted octanol–water partition coefficient (Wildman–Crippen LogP) is 6.75. The molecule has 0 radical (unpaired) electrons. The van der Waals surface area contributed by atoms with Crippen LogP contribution in [0.5, 0.6) is 0 Å². The lowest BCUT2D eigenvalue weighted by Gasteiger charge is -2.37. The second-order valence-electron chi connectivity index (χ2n) is 11.3. The van der Waals surface area contributed by atoms with Crippen LogP contribution < -0.4 is 5.32 Å². The largest absolute Gasteiger partial charge is 0.465 e. The van der Waals surface area contributed by atoms with Gasteiger partial charge in [0.15, 0.2) is 9.84 Å². The minimum absolute atomic E-state index is 0.00365. The average molecular weight is 566 g/mol. The number of hydrogen-bond acceptors (Lipinski definition) is 7. The van der Waals surface area contributed by atoms with E-state index >= 15 is 0 Å². The number of carboxylic acid groups (broad SMARTS) is 1. The Morgan fingerprint density at radius 2 is 1.76 bits per heavy atom. The molecule has 210 valence electrons. The fourth-order valence-corrected chi connectivity index (χ4v) is 7.18. The van der Waals surface area contributed by atoms with Crippen molar-refractivity contribution in [2.45, 2.75) is 108 Å². The van der Waals surface area contributed by atoms with Gasteiger partial charge in [-0.25, -0.2) is 23.0 Å². The third kappa shape index (κ3) is 7.05. The van der Waals surface area contributed by atoms with E-state index in [2.05, 4.69) is 10.3 Å². The van der Waals surface area contributed by atoms with Crippen molar-refractivity contribution < 1.29 is 27.9 Å². The second-order valence-corrected chi connectivity index (χ2v) is 14.8. The second kappa shape index (κ2) is 11.6. The van der Waals surface area contributed by atoms with Gasteiger partial charge in [0.2, 0.25) is 0 Å². The number of hydrogen-bond donors (Lipinski definition) is 2. The van der Waals surface area contributed by atoms with Gasteiger partial charge in [0.1, 0.15) is 10.6 Å². The number of benzene rings is 1. The summed E-state index contributed by atoms with van der Waals surface area (Å²) < 4.78 is 31.9. The molecule has 1 aromatic heterocycles. The first-order valence-electron chi connectivity index (χ1n) is 13.0. The van der Waals surface area contributed by atoms with Crippen LogP contribution in [0, 0.1) is 0 Å². The van der Waals surface area contributed by atoms with Gasteiger partial charge in [-0.1, -0.05) is 0 Å². The van der Waals surface area contributed by atoms with Crippen LogP contribution >= 0.6 is 11.3 Å². The number of anilines is 1. The summed E-state index contributed by atoms with van der Waals surface area (Å²) in [5.41, 5.74) is 0.134. The van der Waals surface area contributed by atoms with Crippen LogP contribution in [0.3, 0.4) is 0 Å². The fourth-order valence-electron chi connectivity index (χ4n) is 4.72. The van der Waals surface area contributed by atoms with Crippen LogP contribution in [0.25, 0.3) is 10.6 Å². The highest BCUT2D eigenvalue weighted by atomic mass is 32.2. The van der Waals surface area contributed by atoms with Crippen molar-refractivity contribution in [3.05, 3.63) is 29.3 Å². The Kier molecular flexibility index (Phi) is 9.13. The Bertz CT molecular complexity index is 1260. The van der Waals surface area contributed by atoms with Crippen molar-refractivity contribution in [1.82, 2.24) is 9.88 Å². The topological polar surface area (TPSA) is 126 Å². The Morgan fingerprint density at radius 3 is 2.29 bits per heavy atom. The molecule has 3 rings (SSSR count). The van der Waals surface area contributed by atoms with E-state index < -0.39 is 32.9 Å². The molecule has 1 heterocycles. The molecule has 38 heavy (non-hydrogen) atoms. The number of amides is 2. The summed E-state index contributed by atoms with van der Waals surface area (Å²) in [6, 6.07) is 4.72. The van der Waals surface area contributed by atoms with Crippen LogP contribution in [0.1, 0.15) is 84.9 Å². The Morgan fingerprint density at radius 1 is 1.13 bits per heavy atom. The summed E-state index contributed by atoms with van der Waals surface area (Å²) in [4.78, 5) is 31.3. The van der Waals surface area contributed by atoms with Gasteiger partial charge >= 0.3 is 12.2 Å². The summed E-state index contributed by atoms with van der Waals surface area (Å²) in [6.45, 7) is 12.3. The highest BCUT2D eigenvalue weighted by Crippen LogP contribution is 2.41. The summed E-state index contributed by atoms with van der Waals surface area (Å²) in [7, 11) is -3.68. The first-order valence-corrected chi connectivity index (χ1v) is 15.3. The van der Waals surface area contributed by atoms with E-state index in [4.69, 9.17) is 4.74 Å². The molecule has 11 heteroatoms. The standard InChI is InChI=1S/C27H39N3O6S2/c1-16(2)30(26(32)33)20-11-8-18(9-12-20)22-15-28-24(37-22)21-13-10-19(29-25(31)36-27(5,6)7)14-23(21)38(34,35)17(3)4/h10,13-18,20H,8-9,11-12H2,1-7H3,(H,29,31)(H,32,33). The molecule has 0 unspecified atom stereocenters. The number of rotatable bonds is 7. The summed E-state index contributed by atoms with van der Waals surface area (Å²) in [5, 5.41) is 12.2. The number of thiazole rings is 1. The Balaban J connectivity index is 1.86. The monoisotopic (exact) mass is 565 g/mol. The molecule has 1 aromatic carbocycles. The van der Waals surface area contributed by atoms with Crippen molar-refractivity contribution >= 4 is 39.0 Å². The first kappa shape index (κ1) is 29.9. The van der Waals surface area contributed by atoms with E-state index in [0.29, 0.717) is 16.3 Å². The predicted molar refractivity (Wildman–Crippen MR) is 150 cm³/mol. The van der Waals surface area contributed by atoms with Gasteiger partial charge in [-0.3, -0.25) is 5.32 Å². The minimum Gasteiger partial charge on any atom is -0.465 e. The lowest BCUT2D eigenvalue weighted by atomic mass is 9.84. The van der Waals surface area contributed by atoms with Gasteiger partial charge < -0.3 is 14.7 Å². The van der Waals surface area contributed by atoms with Crippen molar-refractivity contribution in [1.29, 1.82) is 0 Å². The molecule has 2 aromatic rings. The number of carbonyl (C=O) groups excluding carboxylic acids is 1. The number of sulfone groups is 1. The van der Waals surface area contributed by atoms with Gasteiger partial charge in [0, 0.05) is 34.4 Å². The van der Waals surface area contributed by atoms with E-state index in [-0.39, 0.29) is 22.9 Å². The average Bonchev–Trinajstić information content (AvgIpc) is 3.27. The smallest absolute Gasteiger partial charge is 0.412 e. The third-order valence-electron chi connectivity index (χ3n) is 6.58. The number of aromatic nitrogens is 1. The van der Waals surface area contributed by atoms with Gasteiger partial charge in [-0.15, -0.1) is 11.3 Å². The molecule has 1 fully saturated rings. The van der Waals surface area contributed by atoms with Gasteiger partial charge in [0.25, 0.3) is 0 Å². The lowest BCUT2D eigenvalue weighted by Crippen LogP contribution is -2.45. The van der Waals surface area contributed by atoms with Crippen LogP contribution in [-0.2, 0) is 14.6 Å². The third-order valence-corrected chi connectivity index (χ3v) is 9.96. The van der Waals surface area contributed by atoms with Crippen LogP contribution in [-0.4, -0.2) is 58.5 Å². The molecular formula is C27H39N3O6S2. The van der Waals surface area contributed by atoms with Crippen molar-refractivity contribution in [2.24, 2.45) is 0 Å². The molecule has 1 aliphatic carbocycles. The zero-order chi connectivity index (χ0) is 28.4. The highest BCUT2D eigenvalue weighted by Gasteiger charge is 2.32. The van der Waals surface area contributed by atoms with Crippen LogP contribution in [0.15, 0.2) is 29.3 Å². The van der Waals surface area contributed by atoms with Crippen molar-refractivity contribution in [3.63, 3.8) is 0 Å². The molecule has 1 aliphatic rings. The fraction of sp³-hybridized carbons (Fsp3) is 0.593. The maximum Gasteiger partial charge on any atom is 0.412 e. The molecule has 9 nitrogen and oxygen atoms in total. The molecule has 2 N–H and O–H groups in total. The quantitative estimate of drug-likeness (QED) is 0.380. The van der Waals surface area contributed by atoms with Gasteiger partial charge in [-0.2, -0.15) is 0 Å². The molecule has 0 bridgehead atoms.